The van der Waals surface area contributed by atoms with E-state index in [4.69, 9.17) is 4.74 Å². The molecule has 2 N–H and O–H groups in total. The van der Waals surface area contributed by atoms with Gasteiger partial charge in [0.15, 0.2) is 0 Å². The van der Waals surface area contributed by atoms with Crippen LogP contribution in [-0.4, -0.2) is 34.2 Å². The molecule has 114 valence electrons. The summed E-state index contributed by atoms with van der Waals surface area (Å²) in [7, 11) is -3.40. The number of sulfonamides is 1. The van der Waals surface area contributed by atoms with Crippen LogP contribution in [0.3, 0.4) is 0 Å². The summed E-state index contributed by atoms with van der Waals surface area (Å²) >= 11 is 1.31. The lowest BCUT2D eigenvalue weighted by atomic mass is 10.1. The van der Waals surface area contributed by atoms with Crippen molar-refractivity contribution in [2.75, 3.05) is 19.7 Å². The van der Waals surface area contributed by atoms with Crippen LogP contribution in [0.4, 0.5) is 0 Å². The summed E-state index contributed by atoms with van der Waals surface area (Å²) in [6, 6.07) is 3.53. The van der Waals surface area contributed by atoms with Crippen molar-refractivity contribution in [3.63, 3.8) is 0 Å². The molecular formula is C13H22N2O3S2. The average molecular weight is 318 g/mol. The third-order valence-electron chi connectivity index (χ3n) is 3.23. The molecule has 1 unspecified atom stereocenters. The summed E-state index contributed by atoms with van der Waals surface area (Å²) in [4.78, 5) is 1.03. The largest absolute Gasteiger partial charge is 0.377 e. The summed E-state index contributed by atoms with van der Waals surface area (Å²) in [5, 5.41) is 3.19. The molecule has 1 aromatic heterocycles. The Hall–Kier alpha value is -0.470. The molecule has 1 aliphatic heterocycles. The second-order valence-electron chi connectivity index (χ2n) is 4.84. The molecule has 0 amide bonds. The smallest absolute Gasteiger partial charge is 0.250 e. The molecule has 1 aliphatic rings. The van der Waals surface area contributed by atoms with Gasteiger partial charge >= 0.3 is 0 Å². The summed E-state index contributed by atoms with van der Waals surface area (Å²) in [6.45, 7) is 4.71. The molecule has 0 aliphatic carbocycles. The maximum atomic E-state index is 12.2. The van der Waals surface area contributed by atoms with Gasteiger partial charge in [-0.25, -0.2) is 13.1 Å². The molecule has 1 saturated heterocycles. The second kappa shape index (κ2) is 7.51. The van der Waals surface area contributed by atoms with E-state index in [1.807, 2.05) is 13.0 Å². The van der Waals surface area contributed by atoms with Gasteiger partial charge in [0.05, 0.1) is 6.10 Å². The van der Waals surface area contributed by atoms with Crippen molar-refractivity contribution in [1.82, 2.24) is 10.0 Å². The molecule has 0 aromatic carbocycles. The minimum atomic E-state index is -3.40. The maximum Gasteiger partial charge on any atom is 0.250 e. The van der Waals surface area contributed by atoms with Gasteiger partial charge in [-0.05, 0) is 37.9 Å². The zero-order chi connectivity index (χ0) is 14.4. The van der Waals surface area contributed by atoms with Crippen LogP contribution in [-0.2, 0) is 21.3 Å². The Morgan fingerprint density at radius 3 is 2.95 bits per heavy atom. The highest BCUT2D eigenvalue weighted by Gasteiger charge is 2.20. The Bertz CT molecular complexity index is 507. The second-order valence-corrected chi connectivity index (χ2v) is 8.00. The summed E-state index contributed by atoms with van der Waals surface area (Å²) in [5.74, 6) is 0. The average Bonchev–Trinajstić information content (AvgIpc) is 2.94. The first-order chi connectivity index (χ1) is 9.62. The highest BCUT2D eigenvalue weighted by Crippen LogP contribution is 2.21. The minimum Gasteiger partial charge on any atom is -0.377 e. The minimum absolute atomic E-state index is 0.0136. The molecule has 2 rings (SSSR count). The van der Waals surface area contributed by atoms with E-state index < -0.39 is 10.0 Å². The van der Waals surface area contributed by atoms with E-state index in [0.717, 1.165) is 37.3 Å². The monoisotopic (exact) mass is 318 g/mol. The first-order valence-corrected chi connectivity index (χ1v) is 9.32. The zero-order valence-electron chi connectivity index (χ0n) is 11.7. The number of nitrogens with one attached hydrogen (secondary N) is 2. The standard InChI is InChI=1S/C13H22N2O3S2/c1-2-14-10-12-6-7-13(19-12)20(16,17)15-9-11-5-3-4-8-18-11/h6-7,11,14-15H,2-5,8-10H2,1H3. The lowest BCUT2D eigenvalue weighted by molar-refractivity contribution is 0.0200. The van der Waals surface area contributed by atoms with Crippen LogP contribution in [0, 0.1) is 0 Å². The van der Waals surface area contributed by atoms with Gasteiger partial charge in [-0.3, -0.25) is 0 Å². The van der Waals surface area contributed by atoms with Gasteiger partial charge in [0, 0.05) is 24.6 Å². The predicted molar refractivity (Wildman–Crippen MR) is 80.5 cm³/mol. The third kappa shape index (κ3) is 4.53. The van der Waals surface area contributed by atoms with Crippen LogP contribution < -0.4 is 10.0 Å². The normalized spacial score (nSPS) is 20.1. The quantitative estimate of drug-likeness (QED) is 0.803. The number of thiophene rings is 1. The molecule has 20 heavy (non-hydrogen) atoms. The van der Waals surface area contributed by atoms with Crippen LogP contribution >= 0.6 is 11.3 Å². The highest BCUT2D eigenvalue weighted by molar-refractivity contribution is 7.91. The van der Waals surface area contributed by atoms with E-state index in [0.29, 0.717) is 17.3 Å². The van der Waals surface area contributed by atoms with Crippen LogP contribution in [0.5, 0.6) is 0 Å². The van der Waals surface area contributed by atoms with Gasteiger partial charge in [0.25, 0.3) is 0 Å². The molecule has 1 atom stereocenters. The topological polar surface area (TPSA) is 67.4 Å². The Kier molecular flexibility index (Phi) is 5.98. The highest BCUT2D eigenvalue weighted by atomic mass is 32.2. The van der Waals surface area contributed by atoms with Crippen molar-refractivity contribution in [3.05, 3.63) is 17.0 Å². The first-order valence-electron chi connectivity index (χ1n) is 7.02. The SMILES string of the molecule is CCNCc1ccc(S(=O)(=O)NCC2CCCCO2)s1. The fourth-order valence-electron chi connectivity index (χ4n) is 2.09. The van der Waals surface area contributed by atoms with Gasteiger partial charge in [0.2, 0.25) is 10.0 Å². The Balaban J connectivity index is 1.90. The molecule has 1 fully saturated rings. The van der Waals surface area contributed by atoms with Crippen LogP contribution in [0.25, 0.3) is 0 Å². The van der Waals surface area contributed by atoms with Crippen molar-refractivity contribution in [2.45, 2.75) is 43.0 Å². The molecule has 0 spiro atoms. The van der Waals surface area contributed by atoms with E-state index in [9.17, 15) is 8.42 Å². The van der Waals surface area contributed by atoms with Crippen molar-refractivity contribution < 1.29 is 13.2 Å². The maximum absolute atomic E-state index is 12.2. The fourth-order valence-corrected chi connectivity index (χ4v) is 4.52. The summed E-state index contributed by atoms with van der Waals surface area (Å²) in [5.41, 5.74) is 0. The number of rotatable bonds is 7. The lowest BCUT2D eigenvalue weighted by Crippen LogP contribution is -2.35. The summed E-state index contributed by atoms with van der Waals surface area (Å²) < 4.78 is 32.9. The summed E-state index contributed by atoms with van der Waals surface area (Å²) in [6.07, 6.45) is 3.12. The number of hydrogen-bond acceptors (Lipinski definition) is 5. The Morgan fingerprint density at radius 1 is 1.40 bits per heavy atom. The van der Waals surface area contributed by atoms with Crippen LogP contribution in [0.2, 0.25) is 0 Å². The first kappa shape index (κ1) is 15.9. The Morgan fingerprint density at radius 2 is 2.25 bits per heavy atom. The predicted octanol–water partition coefficient (Wildman–Crippen LogP) is 1.70. The molecule has 7 heteroatoms. The van der Waals surface area contributed by atoms with Crippen molar-refractivity contribution >= 4 is 21.4 Å². The van der Waals surface area contributed by atoms with Gasteiger partial charge in [-0.1, -0.05) is 6.92 Å². The van der Waals surface area contributed by atoms with E-state index in [2.05, 4.69) is 10.0 Å². The van der Waals surface area contributed by atoms with Gasteiger partial charge in [-0.2, -0.15) is 0 Å². The molecule has 1 aromatic rings. The Labute approximate surface area is 124 Å². The van der Waals surface area contributed by atoms with Gasteiger partial charge in [-0.15, -0.1) is 11.3 Å². The van der Waals surface area contributed by atoms with Gasteiger partial charge < -0.3 is 10.1 Å². The third-order valence-corrected chi connectivity index (χ3v) is 6.23. The van der Waals surface area contributed by atoms with E-state index in [1.165, 1.54) is 11.3 Å². The molecular weight excluding hydrogens is 296 g/mol. The van der Waals surface area contributed by atoms with E-state index >= 15 is 0 Å². The van der Waals surface area contributed by atoms with Crippen LogP contribution in [0.1, 0.15) is 31.1 Å². The zero-order valence-corrected chi connectivity index (χ0v) is 13.4. The van der Waals surface area contributed by atoms with E-state index in [-0.39, 0.29) is 6.10 Å². The molecule has 0 bridgehead atoms. The van der Waals surface area contributed by atoms with Crippen molar-refractivity contribution in [2.24, 2.45) is 0 Å². The fraction of sp³-hybridized carbons (Fsp3) is 0.692. The number of hydrogen-bond donors (Lipinski definition) is 2. The lowest BCUT2D eigenvalue weighted by Gasteiger charge is -2.22. The van der Waals surface area contributed by atoms with Crippen molar-refractivity contribution in [1.29, 1.82) is 0 Å². The molecule has 0 saturated carbocycles. The van der Waals surface area contributed by atoms with Gasteiger partial charge in [0.1, 0.15) is 4.21 Å². The molecule has 5 nitrogen and oxygen atoms in total. The van der Waals surface area contributed by atoms with E-state index in [1.54, 1.807) is 6.07 Å². The molecule has 0 radical (unpaired) electrons. The van der Waals surface area contributed by atoms with Crippen LogP contribution in [0.15, 0.2) is 16.3 Å². The molecule has 2 heterocycles. The van der Waals surface area contributed by atoms with Crippen molar-refractivity contribution in [3.8, 4) is 0 Å². The number of ether oxygens (including phenoxy) is 1.